The molecular weight excluding hydrogens is 449 g/mol. The van der Waals surface area contributed by atoms with E-state index in [9.17, 15) is 27.6 Å². The van der Waals surface area contributed by atoms with Crippen LogP contribution in [-0.4, -0.2) is 29.8 Å². The van der Waals surface area contributed by atoms with Crippen molar-refractivity contribution in [1.29, 1.82) is 0 Å². The molecule has 0 bridgehead atoms. The Hall–Kier alpha value is -2.48. The molecule has 1 heterocycles. The van der Waals surface area contributed by atoms with E-state index in [1.807, 2.05) is 24.3 Å². The van der Waals surface area contributed by atoms with E-state index >= 15 is 0 Å². The molecular formula is C20H15ClNO6PS. The second-order valence-electron chi connectivity index (χ2n) is 6.80. The van der Waals surface area contributed by atoms with Gasteiger partial charge in [0, 0.05) is 21.7 Å². The molecule has 154 valence electrons. The predicted octanol–water partition coefficient (Wildman–Crippen LogP) is 3.81. The maximum Gasteiger partial charge on any atom is 0.342 e. The van der Waals surface area contributed by atoms with E-state index in [0.717, 1.165) is 16.2 Å². The minimum atomic E-state index is -5.08. The van der Waals surface area contributed by atoms with Gasteiger partial charge in [-0.2, -0.15) is 0 Å². The zero-order valence-electron chi connectivity index (χ0n) is 15.2. The molecule has 1 unspecified atom stereocenters. The molecule has 0 fully saturated rings. The summed E-state index contributed by atoms with van der Waals surface area (Å²) in [5.74, 6) is -1.02. The predicted molar refractivity (Wildman–Crippen MR) is 115 cm³/mol. The summed E-state index contributed by atoms with van der Waals surface area (Å²) in [4.78, 5) is 32.6. The number of anilines is 1. The number of nitrogens with one attached hydrogen (secondary N) is 1. The molecule has 0 aromatic heterocycles. The van der Waals surface area contributed by atoms with Crippen LogP contribution in [0.15, 0.2) is 71.0 Å². The summed E-state index contributed by atoms with van der Waals surface area (Å²) >= 11 is 5.95. The minimum absolute atomic E-state index is 0.00415. The highest BCUT2D eigenvalue weighted by Gasteiger charge is 2.44. The van der Waals surface area contributed by atoms with Gasteiger partial charge in [-0.15, -0.1) is 0 Å². The Morgan fingerprint density at radius 3 is 2.40 bits per heavy atom. The summed E-state index contributed by atoms with van der Waals surface area (Å²) in [6.07, 6.45) is 0. The standard InChI is InChI=1S/C20H15ClNO6PS/c21-14-6-8-18-16(10-14)17(11-30(18,27)28)19(29(24,25)26)20(23)22-15-7-5-12-3-1-2-4-13(12)9-15/h1-11,19H,(H,22,23)(H2,24,25,26). The van der Waals surface area contributed by atoms with Gasteiger partial charge in [0.15, 0.2) is 5.66 Å². The number of benzene rings is 3. The van der Waals surface area contributed by atoms with Crippen LogP contribution >= 0.6 is 19.2 Å². The SMILES string of the molecule is O=C(Nc1ccc2ccccc2c1)C(C1=CS(=O)(=O)c2ccc(Cl)cc21)P(=O)(O)O. The van der Waals surface area contributed by atoms with Crippen molar-refractivity contribution in [1.82, 2.24) is 0 Å². The molecule has 1 aliphatic heterocycles. The summed E-state index contributed by atoms with van der Waals surface area (Å²) in [7, 11) is -9.04. The number of carbonyl (C=O) groups is 1. The average molecular weight is 464 g/mol. The third kappa shape index (κ3) is 3.80. The third-order valence-electron chi connectivity index (χ3n) is 4.74. The summed E-state index contributed by atoms with van der Waals surface area (Å²) in [6, 6.07) is 16.3. The molecule has 3 N–H and O–H groups in total. The van der Waals surface area contributed by atoms with Gasteiger partial charge in [0.25, 0.3) is 0 Å². The van der Waals surface area contributed by atoms with E-state index in [1.54, 1.807) is 18.2 Å². The van der Waals surface area contributed by atoms with Crippen LogP contribution in [0.1, 0.15) is 5.56 Å². The molecule has 4 rings (SSSR count). The second kappa shape index (κ2) is 7.34. The van der Waals surface area contributed by atoms with Crippen LogP contribution in [0.2, 0.25) is 5.02 Å². The highest BCUT2D eigenvalue weighted by Crippen LogP contribution is 2.51. The maximum absolute atomic E-state index is 12.9. The largest absolute Gasteiger partial charge is 0.342 e. The van der Waals surface area contributed by atoms with Gasteiger partial charge < -0.3 is 15.1 Å². The summed E-state index contributed by atoms with van der Waals surface area (Å²) in [5, 5.41) is 5.14. The zero-order valence-corrected chi connectivity index (χ0v) is 17.7. The lowest BCUT2D eigenvalue weighted by Crippen LogP contribution is -2.29. The molecule has 3 aromatic rings. The fourth-order valence-corrected chi connectivity index (χ4v) is 6.12. The normalized spacial score (nSPS) is 16.0. The fraction of sp³-hybridized carbons (Fsp3) is 0.0500. The first-order valence-corrected chi connectivity index (χ1v) is 12.3. The molecule has 30 heavy (non-hydrogen) atoms. The van der Waals surface area contributed by atoms with Gasteiger partial charge in [0.2, 0.25) is 15.7 Å². The van der Waals surface area contributed by atoms with Crippen LogP contribution in [-0.2, 0) is 19.2 Å². The third-order valence-corrected chi connectivity index (χ3v) is 7.69. The Morgan fingerprint density at radius 1 is 1.00 bits per heavy atom. The number of hydrogen-bond acceptors (Lipinski definition) is 4. The van der Waals surface area contributed by atoms with E-state index in [2.05, 4.69) is 5.32 Å². The van der Waals surface area contributed by atoms with Crippen molar-refractivity contribution in [2.45, 2.75) is 10.6 Å². The molecule has 3 aromatic carbocycles. The smallest absolute Gasteiger partial charge is 0.325 e. The van der Waals surface area contributed by atoms with Crippen LogP contribution in [0.5, 0.6) is 0 Å². The highest BCUT2D eigenvalue weighted by atomic mass is 35.5. The minimum Gasteiger partial charge on any atom is -0.325 e. The second-order valence-corrected chi connectivity index (χ2v) is 10.7. The van der Waals surface area contributed by atoms with Crippen LogP contribution in [0.25, 0.3) is 16.3 Å². The van der Waals surface area contributed by atoms with Gasteiger partial charge in [0.1, 0.15) is 0 Å². The number of halogens is 1. The highest BCUT2D eigenvalue weighted by molar-refractivity contribution is 7.95. The Morgan fingerprint density at radius 2 is 1.70 bits per heavy atom. The van der Waals surface area contributed by atoms with Crippen molar-refractivity contribution >= 4 is 57.0 Å². The van der Waals surface area contributed by atoms with Gasteiger partial charge in [-0.1, -0.05) is 41.9 Å². The van der Waals surface area contributed by atoms with Crippen molar-refractivity contribution in [3.63, 3.8) is 0 Å². The van der Waals surface area contributed by atoms with Crippen LogP contribution in [0.3, 0.4) is 0 Å². The summed E-state index contributed by atoms with van der Waals surface area (Å²) in [6.45, 7) is 0. The van der Waals surface area contributed by atoms with Crippen molar-refractivity contribution < 1.29 is 27.6 Å². The first-order chi connectivity index (χ1) is 14.1. The Labute approximate surface area is 177 Å². The summed E-state index contributed by atoms with van der Waals surface area (Å²) in [5.41, 5.74) is -1.98. The lowest BCUT2D eigenvalue weighted by atomic mass is 10.0. The monoisotopic (exact) mass is 463 g/mol. The quantitative estimate of drug-likeness (QED) is 0.506. The van der Waals surface area contributed by atoms with E-state index < -0.39 is 29.0 Å². The number of hydrogen-bond donors (Lipinski definition) is 3. The van der Waals surface area contributed by atoms with Crippen molar-refractivity contribution in [2.75, 3.05) is 5.32 Å². The van der Waals surface area contributed by atoms with E-state index in [1.165, 1.54) is 18.2 Å². The zero-order chi connectivity index (χ0) is 21.7. The maximum atomic E-state index is 12.9. The van der Waals surface area contributed by atoms with Gasteiger partial charge >= 0.3 is 7.60 Å². The number of amides is 1. The Balaban J connectivity index is 1.76. The van der Waals surface area contributed by atoms with Crippen molar-refractivity contribution in [3.05, 3.63) is 76.7 Å². The molecule has 1 atom stereocenters. The molecule has 0 aliphatic carbocycles. The number of carbonyl (C=O) groups excluding carboxylic acids is 1. The Bertz CT molecular complexity index is 1380. The molecule has 7 nitrogen and oxygen atoms in total. The topological polar surface area (TPSA) is 121 Å². The number of fused-ring (bicyclic) bond motifs is 2. The van der Waals surface area contributed by atoms with E-state index in [-0.39, 0.29) is 21.1 Å². The van der Waals surface area contributed by atoms with Crippen molar-refractivity contribution in [2.24, 2.45) is 0 Å². The van der Waals surface area contributed by atoms with Crippen LogP contribution in [0, 0.1) is 0 Å². The van der Waals surface area contributed by atoms with Gasteiger partial charge in [-0.05, 0) is 46.7 Å². The van der Waals surface area contributed by atoms with E-state index in [4.69, 9.17) is 11.6 Å². The lowest BCUT2D eigenvalue weighted by molar-refractivity contribution is -0.115. The van der Waals surface area contributed by atoms with Crippen molar-refractivity contribution in [3.8, 4) is 0 Å². The lowest BCUT2D eigenvalue weighted by Gasteiger charge is -2.20. The van der Waals surface area contributed by atoms with E-state index in [0.29, 0.717) is 5.69 Å². The van der Waals surface area contributed by atoms with Crippen LogP contribution in [0.4, 0.5) is 5.69 Å². The average Bonchev–Trinajstić information content (AvgIpc) is 2.90. The first kappa shape index (κ1) is 20.8. The first-order valence-electron chi connectivity index (χ1n) is 8.68. The van der Waals surface area contributed by atoms with Gasteiger partial charge in [0.05, 0.1) is 4.90 Å². The molecule has 0 saturated heterocycles. The summed E-state index contributed by atoms with van der Waals surface area (Å²) < 4.78 is 37.1. The molecule has 0 saturated carbocycles. The van der Waals surface area contributed by atoms with Gasteiger partial charge in [-0.25, -0.2) is 8.42 Å². The van der Waals surface area contributed by atoms with Gasteiger partial charge in [-0.3, -0.25) is 9.36 Å². The molecule has 0 radical (unpaired) electrons. The molecule has 1 aliphatic rings. The molecule has 0 spiro atoms. The number of rotatable bonds is 4. The van der Waals surface area contributed by atoms with Crippen LogP contribution < -0.4 is 5.32 Å². The number of sulfone groups is 1. The molecule has 10 heteroatoms. The molecule has 1 amide bonds. The Kier molecular flexibility index (Phi) is 5.08. The fourth-order valence-electron chi connectivity index (χ4n) is 3.43.